The summed E-state index contributed by atoms with van der Waals surface area (Å²) in [5, 5.41) is 26.1. The number of nitrogens with zero attached hydrogens (tertiary/aromatic N) is 5. The molecule has 1 aromatic carbocycles. The van der Waals surface area contributed by atoms with Gasteiger partial charge in [-0.2, -0.15) is 0 Å². The summed E-state index contributed by atoms with van der Waals surface area (Å²) in [6, 6.07) is 2.75. The van der Waals surface area contributed by atoms with Gasteiger partial charge in [-0.05, 0) is 12.0 Å². The summed E-state index contributed by atoms with van der Waals surface area (Å²) < 4.78 is 4.47. The summed E-state index contributed by atoms with van der Waals surface area (Å²) >= 11 is 0. The van der Waals surface area contributed by atoms with Crippen LogP contribution in [0.4, 0.5) is 11.4 Å². The summed E-state index contributed by atoms with van der Waals surface area (Å²) in [6.45, 7) is 2.98. The second-order valence-electron chi connectivity index (χ2n) is 4.81. The fourth-order valence-electron chi connectivity index (χ4n) is 2.35. The fraction of sp³-hybridized carbons (Fsp3) is 0.455. The Hall–Kier alpha value is -2.42. The Kier molecular flexibility index (Phi) is 2.90. The van der Waals surface area contributed by atoms with Gasteiger partial charge in [0.1, 0.15) is 5.69 Å². The molecule has 1 aromatic heterocycles. The lowest BCUT2D eigenvalue weighted by Crippen LogP contribution is -2.44. The number of nitro benzene ring substituents is 1. The van der Waals surface area contributed by atoms with Crippen LogP contribution in [0.15, 0.2) is 16.8 Å². The molecule has 1 aliphatic rings. The molecule has 1 fully saturated rings. The Bertz CT molecular complexity index is 662. The van der Waals surface area contributed by atoms with E-state index in [4.69, 9.17) is 0 Å². The van der Waals surface area contributed by atoms with Gasteiger partial charge in [0, 0.05) is 37.4 Å². The van der Waals surface area contributed by atoms with Crippen LogP contribution in [0.25, 0.3) is 11.0 Å². The third kappa shape index (κ3) is 2.01. The topological polar surface area (TPSA) is 103 Å². The molecule has 9 nitrogen and oxygen atoms in total. The van der Waals surface area contributed by atoms with E-state index in [1.807, 2.05) is 11.9 Å². The van der Waals surface area contributed by atoms with Crippen molar-refractivity contribution in [2.24, 2.45) is 0 Å². The molecule has 2 heterocycles. The van der Waals surface area contributed by atoms with Crippen LogP contribution in [-0.2, 0) is 0 Å². The lowest BCUT2D eigenvalue weighted by molar-refractivity contribution is -0.782. The highest BCUT2D eigenvalue weighted by Gasteiger charge is 2.26. The number of anilines is 1. The van der Waals surface area contributed by atoms with E-state index < -0.39 is 4.92 Å². The molecule has 20 heavy (non-hydrogen) atoms. The van der Waals surface area contributed by atoms with Crippen molar-refractivity contribution < 1.29 is 14.5 Å². The average molecular weight is 279 g/mol. The molecule has 0 spiro atoms. The van der Waals surface area contributed by atoms with Crippen molar-refractivity contribution in [3.63, 3.8) is 0 Å². The predicted octanol–water partition coefficient (Wildman–Crippen LogP) is 0.121. The molecule has 1 saturated heterocycles. The first-order valence-corrected chi connectivity index (χ1v) is 6.17. The number of rotatable bonds is 2. The van der Waals surface area contributed by atoms with Crippen LogP contribution < -0.4 is 9.80 Å². The maximum absolute atomic E-state index is 11.4. The van der Waals surface area contributed by atoms with Crippen LogP contribution in [0.5, 0.6) is 0 Å². The number of hydrogen-bond donors (Lipinski definition) is 0. The molecule has 1 aliphatic heterocycles. The summed E-state index contributed by atoms with van der Waals surface area (Å²) in [7, 11) is 2.00. The van der Waals surface area contributed by atoms with Crippen molar-refractivity contribution in [3.05, 3.63) is 27.5 Å². The Morgan fingerprint density at radius 1 is 1.35 bits per heavy atom. The first-order chi connectivity index (χ1) is 9.56. The Morgan fingerprint density at radius 3 is 2.70 bits per heavy atom. The van der Waals surface area contributed by atoms with E-state index in [1.54, 1.807) is 0 Å². The van der Waals surface area contributed by atoms with Crippen LogP contribution in [0.2, 0.25) is 0 Å². The normalized spacial score (nSPS) is 16.8. The predicted molar refractivity (Wildman–Crippen MR) is 69.3 cm³/mol. The molecule has 0 N–H and O–H groups in total. The summed E-state index contributed by atoms with van der Waals surface area (Å²) in [5.41, 5.74) is 0.758. The van der Waals surface area contributed by atoms with Gasteiger partial charge in [-0.15, -0.1) is 0 Å². The molecule has 0 saturated carbocycles. The molecular weight excluding hydrogens is 266 g/mol. The van der Waals surface area contributed by atoms with Crippen LogP contribution in [0.3, 0.4) is 0 Å². The number of fused-ring (bicyclic) bond motifs is 1. The zero-order chi connectivity index (χ0) is 14.3. The third-order valence-electron chi connectivity index (χ3n) is 3.52. The number of aromatic nitrogens is 2. The highest BCUT2D eigenvalue weighted by atomic mass is 16.8. The monoisotopic (exact) mass is 279 g/mol. The summed E-state index contributed by atoms with van der Waals surface area (Å²) in [4.78, 5) is 15.1. The number of nitro groups is 1. The van der Waals surface area contributed by atoms with Gasteiger partial charge in [0.05, 0.1) is 11.0 Å². The van der Waals surface area contributed by atoms with Crippen LogP contribution >= 0.6 is 0 Å². The van der Waals surface area contributed by atoms with Crippen molar-refractivity contribution in [1.29, 1.82) is 0 Å². The van der Waals surface area contributed by atoms with Gasteiger partial charge in [0.15, 0.2) is 0 Å². The minimum Gasteiger partial charge on any atom is -0.363 e. The quantitative estimate of drug-likeness (QED) is 0.437. The maximum atomic E-state index is 11.4. The molecule has 0 atom stereocenters. The van der Waals surface area contributed by atoms with Gasteiger partial charge in [0.25, 0.3) is 11.2 Å². The zero-order valence-corrected chi connectivity index (χ0v) is 10.9. The second kappa shape index (κ2) is 4.60. The van der Waals surface area contributed by atoms with Crippen LogP contribution in [0, 0.1) is 15.3 Å². The molecule has 106 valence electrons. The van der Waals surface area contributed by atoms with Crippen molar-refractivity contribution in [2.75, 3.05) is 38.1 Å². The average Bonchev–Trinajstić information content (AvgIpc) is 2.79. The highest BCUT2D eigenvalue weighted by molar-refractivity contribution is 5.82. The third-order valence-corrected chi connectivity index (χ3v) is 3.52. The van der Waals surface area contributed by atoms with E-state index in [-0.39, 0.29) is 21.6 Å². The Morgan fingerprint density at radius 2 is 2.05 bits per heavy atom. The number of benzene rings is 1. The standard InChI is InChI=1S/C11H13N5O4/c1-13-2-4-14(5-3-13)10-7-9-8(12-20-16(9)19)6-11(10)15(17)18/h6-7H,2-5H2,1H3. The lowest BCUT2D eigenvalue weighted by atomic mass is 10.2. The minimum absolute atomic E-state index is 0.0593. The van der Waals surface area contributed by atoms with Gasteiger partial charge in [-0.1, -0.05) is 0 Å². The zero-order valence-electron chi connectivity index (χ0n) is 10.9. The van der Waals surface area contributed by atoms with Gasteiger partial charge in [-0.25, -0.2) is 0 Å². The molecule has 2 aromatic rings. The van der Waals surface area contributed by atoms with E-state index in [0.717, 1.165) is 13.1 Å². The van der Waals surface area contributed by atoms with E-state index in [9.17, 15) is 15.3 Å². The first-order valence-electron chi connectivity index (χ1n) is 6.17. The van der Waals surface area contributed by atoms with E-state index in [2.05, 4.69) is 14.7 Å². The molecule has 0 bridgehead atoms. The van der Waals surface area contributed by atoms with Gasteiger partial charge < -0.3 is 15.0 Å². The smallest absolute Gasteiger partial charge is 0.297 e. The Labute approximate surface area is 113 Å². The molecule has 0 aliphatic carbocycles. The maximum Gasteiger partial charge on any atom is 0.297 e. The molecule has 9 heteroatoms. The second-order valence-corrected chi connectivity index (χ2v) is 4.81. The van der Waals surface area contributed by atoms with Crippen LogP contribution in [-0.4, -0.2) is 48.2 Å². The molecular formula is C11H13N5O4. The van der Waals surface area contributed by atoms with Gasteiger partial charge in [0.2, 0.25) is 5.52 Å². The molecule has 0 radical (unpaired) electrons. The summed E-state index contributed by atoms with van der Waals surface area (Å²) in [5.74, 6) is 0. The Balaban J connectivity index is 2.09. The van der Waals surface area contributed by atoms with Crippen LogP contribution in [0.1, 0.15) is 0 Å². The van der Waals surface area contributed by atoms with E-state index in [1.165, 1.54) is 12.1 Å². The SMILES string of the molecule is CN1CCN(c2cc3c(cc2[N+](=O)[O-])no[n+]3[O-])CC1. The minimum atomic E-state index is -0.461. The number of likely N-dealkylation sites (N-methyl/N-ethyl adjacent to an activating group) is 1. The van der Waals surface area contributed by atoms with Gasteiger partial charge >= 0.3 is 0 Å². The highest BCUT2D eigenvalue weighted by Crippen LogP contribution is 2.32. The van der Waals surface area contributed by atoms with Crippen molar-refractivity contribution in [2.45, 2.75) is 0 Å². The van der Waals surface area contributed by atoms with Crippen molar-refractivity contribution in [3.8, 4) is 0 Å². The number of piperazine rings is 1. The van der Waals surface area contributed by atoms with E-state index >= 15 is 0 Å². The molecule has 3 rings (SSSR count). The fourth-order valence-corrected chi connectivity index (χ4v) is 2.35. The lowest BCUT2D eigenvalue weighted by Gasteiger charge is -2.33. The van der Waals surface area contributed by atoms with E-state index in [0.29, 0.717) is 18.8 Å². The largest absolute Gasteiger partial charge is 0.363 e. The number of hydrogen-bond acceptors (Lipinski definition) is 7. The van der Waals surface area contributed by atoms with Gasteiger partial charge in [-0.3, -0.25) is 14.7 Å². The molecule has 0 amide bonds. The molecule has 0 unspecified atom stereocenters. The first kappa shape index (κ1) is 12.6. The van der Waals surface area contributed by atoms with Crippen molar-refractivity contribution in [1.82, 2.24) is 10.1 Å². The summed E-state index contributed by atoms with van der Waals surface area (Å²) in [6.07, 6.45) is 0. The van der Waals surface area contributed by atoms with Crippen molar-refractivity contribution >= 4 is 22.4 Å².